The maximum Gasteiger partial charge on any atom is 0.329 e. The number of hydrogen-bond acceptors (Lipinski definition) is 4. The molecule has 3 rings (SSSR count). The van der Waals surface area contributed by atoms with Crippen LogP contribution < -0.4 is 11.2 Å². The predicted octanol–water partition coefficient (Wildman–Crippen LogP) is 0.582. The molecule has 2 aromatic rings. The van der Waals surface area contributed by atoms with E-state index >= 15 is 0 Å². The van der Waals surface area contributed by atoms with E-state index in [-0.39, 0.29) is 5.56 Å². The molecule has 7 nitrogen and oxygen atoms in total. The van der Waals surface area contributed by atoms with E-state index in [0.29, 0.717) is 17.7 Å². The van der Waals surface area contributed by atoms with Gasteiger partial charge in [-0.1, -0.05) is 6.92 Å². The molecule has 0 unspecified atom stereocenters. The fourth-order valence-corrected chi connectivity index (χ4v) is 3.18. The van der Waals surface area contributed by atoms with Crippen LogP contribution in [-0.2, 0) is 20.6 Å². The highest BCUT2D eigenvalue weighted by Gasteiger charge is 2.19. The lowest BCUT2D eigenvalue weighted by molar-refractivity contribution is 0.264. The van der Waals surface area contributed by atoms with Crippen molar-refractivity contribution in [3.63, 3.8) is 0 Å². The molecule has 0 saturated carbocycles. The van der Waals surface area contributed by atoms with Crippen molar-refractivity contribution in [3.05, 3.63) is 26.7 Å². The summed E-state index contributed by atoms with van der Waals surface area (Å²) in [5, 5.41) is 0. The number of imidazole rings is 1. The van der Waals surface area contributed by atoms with Gasteiger partial charge >= 0.3 is 5.69 Å². The molecule has 7 heteroatoms. The topological polar surface area (TPSA) is 75.9 Å². The Hall–Kier alpha value is -1.89. The number of aryl methyl sites for hydroxylation is 2. The Morgan fingerprint density at radius 3 is 2.73 bits per heavy atom. The lowest BCUT2D eigenvalue weighted by Crippen LogP contribution is -2.29. The molecule has 2 aromatic heterocycles. The van der Waals surface area contributed by atoms with Crippen LogP contribution in [-0.4, -0.2) is 37.1 Å². The van der Waals surface area contributed by atoms with Gasteiger partial charge in [0.05, 0.1) is 6.54 Å². The van der Waals surface area contributed by atoms with Crippen molar-refractivity contribution in [1.29, 1.82) is 0 Å². The number of nitrogens with zero attached hydrogens (tertiary/aromatic N) is 4. The van der Waals surface area contributed by atoms with E-state index in [4.69, 9.17) is 0 Å². The van der Waals surface area contributed by atoms with E-state index < -0.39 is 5.69 Å². The SMILES string of the molecule is C[C@H]1CCCN(Cc2nc3c(c(=O)[nH]c(=O)n3C)n2C)CC1. The molecule has 3 heterocycles. The minimum atomic E-state index is -0.425. The van der Waals surface area contributed by atoms with Gasteiger partial charge in [-0.3, -0.25) is 19.2 Å². The standard InChI is InChI=1S/C15H23N5O2/c1-10-5-4-7-20(8-6-10)9-11-16-13-12(18(11)2)14(21)17-15(22)19(13)3/h10H,4-9H2,1-3H3,(H,17,21,22)/t10-/m0/s1. The molecule has 1 aliphatic rings. The van der Waals surface area contributed by atoms with E-state index in [2.05, 4.69) is 21.8 Å². The van der Waals surface area contributed by atoms with E-state index in [1.807, 2.05) is 11.6 Å². The molecular weight excluding hydrogens is 282 g/mol. The zero-order valence-corrected chi connectivity index (χ0v) is 13.4. The van der Waals surface area contributed by atoms with Crippen LogP contribution in [0.1, 0.15) is 32.0 Å². The summed E-state index contributed by atoms with van der Waals surface area (Å²) in [6.45, 7) is 5.13. The van der Waals surface area contributed by atoms with Crippen LogP contribution in [0, 0.1) is 5.92 Å². The predicted molar refractivity (Wildman–Crippen MR) is 84.9 cm³/mol. The molecular formula is C15H23N5O2. The first kappa shape index (κ1) is 15.0. The molecule has 0 spiro atoms. The van der Waals surface area contributed by atoms with Crippen LogP contribution in [0.3, 0.4) is 0 Å². The molecule has 0 bridgehead atoms. The van der Waals surface area contributed by atoms with Crippen LogP contribution in [0.4, 0.5) is 0 Å². The Morgan fingerprint density at radius 1 is 1.18 bits per heavy atom. The number of hydrogen-bond donors (Lipinski definition) is 1. The Bertz CT molecular complexity index is 801. The largest absolute Gasteiger partial charge is 0.329 e. The van der Waals surface area contributed by atoms with Crippen molar-refractivity contribution in [3.8, 4) is 0 Å². The van der Waals surface area contributed by atoms with Gasteiger partial charge in [0.2, 0.25) is 0 Å². The number of aromatic nitrogens is 4. The summed E-state index contributed by atoms with van der Waals surface area (Å²) in [6, 6.07) is 0. The molecule has 1 aliphatic heterocycles. The summed E-state index contributed by atoms with van der Waals surface area (Å²) in [5.41, 5.74) is 0.115. The van der Waals surface area contributed by atoms with Crippen LogP contribution in [0.15, 0.2) is 9.59 Å². The van der Waals surface area contributed by atoms with Crippen LogP contribution >= 0.6 is 0 Å². The van der Waals surface area contributed by atoms with Gasteiger partial charge in [0.1, 0.15) is 5.82 Å². The molecule has 0 aliphatic carbocycles. The maximum absolute atomic E-state index is 12.0. The molecule has 1 saturated heterocycles. The smallest absolute Gasteiger partial charge is 0.324 e. The van der Waals surface area contributed by atoms with Gasteiger partial charge in [-0.15, -0.1) is 0 Å². The molecule has 1 fully saturated rings. The van der Waals surface area contributed by atoms with E-state index in [1.165, 1.54) is 23.8 Å². The Morgan fingerprint density at radius 2 is 1.95 bits per heavy atom. The summed E-state index contributed by atoms with van der Waals surface area (Å²) < 4.78 is 3.20. The van der Waals surface area contributed by atoms with Gasteiger partial charge in [0.25, 0.3) is 5.56 Å². The van der Waals surface area contributed by atoms with Crippen LogP contribution in [0.5, 0.6) is 0 Å². The average Bonchev–Trinajstić information content (AvgIpc) is 2.65. The number of likely N-dealkylation sites (tertiary alicyclic amines) is 1. The first-order valence-corrected chi connectivity index (χ1v) is 7.84. The first-order valence-electron chi connectivity index (χ1n) is 7.84. The minimum absolute atomic E-state index is 0.371. The van der Waals surface area contributed by atoms with Gasteiger partial charge in [-0.25, -0.2) is 9.78 Å². The monoisotopic (exact) mass is 305 g/mol. The Labute approximate surface area is 128 Å². The highest BCUT2D eigenvalue weighted by molar-refractivity contribution is 5.70. The zero-order chi connectivity index (χ0) is 15.9. The van der Waals surface area contributed by atoms with E-state index in [0.717, 1.165) is 24.8 Å². The number of fused-ring (bicyclic) bond motifs is 1. The quantitative estimate of drug-likeness (QED) is 0.881. The minimum Gasteiger partial charge on any atom is -0.324 e. The second-order valence-corrected chi connectivity index (χ2v) is 6.39. The summed E-state index contributed by atoms with van der Waals surface area (Å²) in [7, 11) is 3.47. The van der Waals surface area contributed by atoms with Crippen LogP contribution in [0.25, 0.3) is 11.2 Å². The van der Waals surface area contributed by atoms with Crippen molar-refractivity contribution in [2.75, 3.05) is 13.1 Å². The summed E-state index contributed by atoms with van der Waals surface area (Å²) >= 11 is 0. The Kier molecular flexibility index (Phi) is 3.90. The van der Waals surface area contributed by atoms with Gasteiger partial charge < -0.3 is 4.57 Å². The molecule has 0 amide bonds. The van der Waals surface area contributed by atoms with Crippen LogP contribution in [0.2, 0.25) is 0 Å². The lowest BCUT2D eigenvalue weighted by Gasteiger charge is -2.19. The summed E-state index contributed by atoms with van der Waals surface area (Å²) in [4.78, 5) is 33.0. The van der Waals surface area contributed by atoms with E-state index in [9.17, 15) is 9.59 Å². The zero-order valence-electron chi connectivity index (χ0n) is 13.4. The molecule has 22 heavy (non-hydrogen) atoms. The number of rotatable bonds is 2. The van der Waals surface area contributed by atoms with Gasteiger partial charge in [-0.05, 0) is 38.3 Å². The van der Waals surface area contributed by atoms with Gasteiger partial charge in [0.15, 0.2) is 11.2 Å². The fourth-order valence-electron chi connectivity index (χ4n) is 3.18. The second-order valence-electron chi connectivity index (χ2n) is 6.39. The number of nitrogens with one attached hydrogen (secondary N) is 1. The molecule has 0 aromatic carbocycles. The molecule has 0 radical (unpaired) electrons. The molecule has 120 valence electrons. The third-order valence-corrected chi connectivity index (χ3v) is 4.70. The second kappa shape index (κ2) is 5.72. The van der Waals surface area contributed by atoms with Crippen molar-refractivity contribution in [2.24, 2.45) is 20.0 Å². The summed E-state index contributed by atoms with van der Waals surface area (Å²) in [6.07, 6.45) is 3.67. The highest BCUT2D eigenvalue weighted by Crippen LogP contribution is 2.18. The van der Waals surface area contributed by atoms with Gasteiger partial charge in [-0.2, -0.15) is 0 Å². The number of aromatic amines is 1. The molecule has 1 atom stereocenters. The average molecular weight is 305 g/mol. The summed E-state index contributed by atoms with van der Waals surface area (Å²) in [5.74, 6) is 1.60. The lowest BCUT2D eigenvalue weighted by atomic mass is 10.0. The number of H-pyrrole nitrogens is 1. The molecule has 1 N–H and O–H groups in total. The normalized spacial score (nSPS) is 20.4. The highest BCUT2D eigenvalue weighted by atomic mass is 16.2. The van der Waals surface area contributed by atoms with Gasteiger partial charge in [0, 0.05) is 14.1 Å². The van der Waals surface area contributed by atoms with Crippen molar-refractivity contribution >= 4 is 11.2 Å². The van der Waals surface area contributed by atoms with E-state index in [1.54, 1.807) is 7.05 Å². The Balaban J connectivity index is 1.96. The maximum atomic E-state index is 12.0. The third kappa shape index (κ3) is 2.61. The van der Waals surface area contributed by atoms with Crippen molar-refractivity contribution < 1.29 is 0 Å². The fraction of sp³-hybridized carbons (Fsp3) is 0.667. The third-order valence-electron chi connectivity index (χ3n) is 4.70. The van der Waals surface area contributed by atoms with Crippen molar-refractivity contribution in [2.45, 2.75) is 32.7 Å². The first-order chi connectivity index (χ1) is 10.5. The van der Waals surface area contributed by atoms with Crippen molar-refractivity contribution in [1.82, 2.24) is 24.0 Å².